The number of carbonyl (C=O) groups is 1. The first-order chi connectivity index (χ1) is 9.72. The van der Waals surface area contributed by atoms with Gasteiger partial charge in [-0.3, -0.25) is 4.79 Å². The first-order valence-corrected chi connectivity index (χ1v) is 8.45. The van der Waals surface area contributed by atoms with Crippen LogP contribution in [0.4, 0.5) is 0 Å². The Hall–Kier alpha value is -1.04. The Kier molecular flexibility index (Phi) is 8.34. The van der Waals surface area contributed by atoms with Crippen LogP contribution in [0.15, 0.2) is 0 Å². The van der Waals surface area contributed by atoms with E-state index in [1.54, 1.807) is 0 Å². The molecule has 1 aliphatic carbocycles. The molecule has 0 saturated heterocycles. The minimum Gasteiger partial charge on any atom is -0.338 e. The van der Waals surface area contributed by atoms with Crippen LogP contribution in [-0.4, -0.2) is 11.4 Å². The summed E-state index contributed by atoms with van der Waals surface area (Å²) in [5, 5.41) is 12.3. The zero-order valence-corrected chi connectivity index (χ0v) is 13.0. The molecule has 0 heterocycles. The van der Waals surface area contributed by atoms with E-state index in [-0.39, 0.29) is 5.91 Å². The molecule has 0 aliphatic heterocycles. The lowest BCUT2D eigenvalue weighted by Crippen LogP contribution is -2.48. The Morgan fingerprint density at radius 1 is 1.05 bits per heavy atom. The van der Waals surface area contributed by atoms with Crippen molar-refractivity contribution >= 4 is 5.91 Å². The molecule has 1 saturated carbocycles. The average Bonchev–Trinajstić information content (AvgIpc) is 2.47. The highest BCUT2D eigenvalue weighted by Crippen LogP contribution is 2.27. The number of carbonyl (C=O) groups excluding carboxylic acids is 1. The highest BCUT2D eigenvalue weighted by atomic mass is 16.1. The second kappa shape index (κ2) is 9.80. The van der Waals surface area contributed by atoms with Crippen LogP contribution in [0.3, 0.4) is 0 Å². The highest BCUT2D eigenvalue weighted by Gasteiger charge is 2.33. The van der Waals surface area contributed by atoms with Gasteiger partial charge >= 0.3 is 0 Å². The lowest BCUT2D eigenvalue weighted by molar-refractivity contribution is -0.122. The van der Waals surface area contributed by atoms with Crippen molar-refractivity contribution in [2.45, 2.75) is 95.9 Å². The van der Waals surface area contributed by atoms with Crippen LogP contribution in [0.25, 0.3) is 0 Å². The molecule has 0 aromatic rings. The summed E-state index contributed by atoms with van der Waals surface area (Å²) in [5.41, 5.74) is -0.559. The average molecular weight is 278 g/mol. The predicted molar refractivity (Wildman–Crippen MR) is 82.2 cm³/mol. The number of rotatable bonds is 9. The van der Waals surface area contributed by atoms with Gasteiger partial charge in [0, 0.05) is 6.42 Å². The summed E-state index contributed by atoms with van der Waals surface area (Å²) in [6, 6.07) is 2.34. The Morgan fingerprint density at radius 2 is 1.65 bits per heavy atom. The minimum absolute atomic E-state index is 0.0713. The molecule has 0 atom stereocenters. The van der Waals surface area contributed by atoms with Crippen molar-refractivity contribution in [3.05, 3.63) is 0 Å². The molecule has 0 aromatic carbocycles. The molecule has 1 amide bonds. The molecule has 3 heteroatoms. The van der Waals surface area contributed by atoms with Crippen LogP contribution in [-0.2, 0) is 4.79 Å². The van der Waals surface area contributed by atoms with Crippen LogP contribution >= 0.6 is 0 Å². The number of nitriles is 1. The van der Waals surface area contributed by atoms with E-state index in [2.05, 4.69) is 18.3 Å². The third-order valence-corrected chi connectivity index (χ3v) is 4.31. The summed E-state index contributed by atoms with van der Waals surface area (Å²) in [4.78, 5) is 11.9. The molecule has 0 aromatic heterocycles. The van der Waals surface area contributed by atoms with E-state index in [0.29, 0.717) is 6.42 Å². The van der Waals surface area contributed by atoms with Crippen molar-refractivity contribution in [2.75, 3.05) is 0 Å². The molecule has 1 N–H and O–H groups in total. The van der Waals surface area contributed by atoms with Gasteiger partial charge in [-0.05, 0) is 19.3 Å². The summed E-state index contributed by atoms with van der Waals surface area (Å²) >= 11 is 0. The van der Waals surface area contributed by atoms with Gasteiger partial charge in [0.2, 0.25) is 5.91 Å². The molecule has 0 spiro atoms. The minimum atomic E-state index is -0.559. The first-order valence-electron chi connectivity index (χ1n) is 8.45. The Bertz CT molecular complexity index is 313. The van der Waals surface area contributed by atoms with Crippen LogP contribution in [0, 0.1) is 11.3 Å². The van der Waals surface area contributed by atoms with Crippen molar-refractivity contribution in [1.29, 1.82) is 5.26 Å². The quantitative estimate of drug-likeness (QED) is 0.633. The zero-order chi connectivity index (χ0) is 14.7. The number of nitrogens with one attached hydrogen (secondary N) is 1. The van der Waals surface area contributed by atoms with Crippen LogP contribution in [0.1, 0.15) is 90.4 Å². The van der Waals surface area contributed by atoms with E-state index in [0.717, 1.165) is 38.5 Å². The van der Waals surface area contributed by atoms with Crippen LogP contribution in [0.2, 0.25) is 0 Å². The van der Waals surface area contributed by atoms with Gasteiger partial charge in [0.25, 0.3) is 0 Å². The smallest absolute Gasteiger partial charge is 0.221 e. The van der Waals surface area contributed by atoms with E-state index in [4.69, 9.17) is 0 Å². The fourth-order valence-corrected chi connectivity index (χ4v) is 2.99. The van der Waals surface area contributed by atoms with Gasteiger partial charge in [-0.2, -0.15) is 5.26 Å². The van der Waals surface area contributed by atoms with E-state index in [1.165, 1.54) is 38.5 Å². The Morgan fingerprint density at radius 3 is 2.25 bits per heavy atom. The highest BCUT2D eigenvalue weighted by molar-refractivity contribution is 5.77. The van der Waals surface area contributed by atoms with Crippen LogP contribution in [0.5, 0.6) is 0 Å². The zero-order valence-electron chi connectivity index (χ0n) is 13.0. The van der Waals surface area contributed by atoms with E-state index in [1.807, 2.05) is 0 Å². The molecule has 3 nitrogen and oxygen atoms in total. The summed E-state index contributed by atoms with van der Waals surface area (Å²) in [6.07, 6.45) is 14.1. The Balaban J connectivity index is 2.12. The maximum absolute atomic E-state index is 11.9. The first kappa shape index (κ1) is 17.0. The fraction of sp³-hybridized carbons (Fsp3) is 0.882. The molecule has 0 radical (unpaired) electrons. The van der Waals surface area contributed by atoms with Crippen molar-refractivity contribution in [3.63, 3.8) is 0 Å². The van der Waals surface area contributed by atoms with Gasteiger partial charge in [-0.1, -0.05) is 64.7 Å². The standard InChI is InChI=1S/C17H30N2O/c1-2-3-4-5-6-7-9-12-16(20)19-17(15-18)13-10-8-11-14-17/h2-14H2,1H3,(H,19,20). The van der Waals surface area contributed by atoms with Gasteiger partial charge in [0.1, 0.15) is 5.54 Å². The molecule has 114 valence electrons. The van der Waals surface area contributed by atoms with Gasteiger partial charge in [0.15, 0.2) is 0 Å². The monoisotopic (exact) mass is 278 g/mol. The van der Waals surface area contributed by atoms with E-state index >= 15 is 0 Å². The molecule has 1 aliphatic rings. The third-order valence-electron chi connectivity index (χ3n) is 4.31. The maximum Gasteiger partial charge on any atom is 0.221 e. The molecule has 0 bridgehead atoms. The number of hydrogen-bond acceptors (Lipinski definition) is 2. The van der Waals surface area contributed by atoms with E-state index < -0.39 is 5.54 Å². The van der Waals surface area contributed by atoms with Crippen molar-refractivity contribution in [1.82, 2.24) is 5.32 Å². The SMILES string of the molecule is CCCCCCCCCC(=O)NC1(C#N)CCCCC1. The molecule has 0 unspecified atom stereocenters. The lowest BCUT2D eigenvalue weighted by atomic mass is 9.82. The number of hydrogen-bond donors (Lipinski definition) is 1. The number of unbranched alkanes of at least 4 members (excludes halogenated alkanes) is 6. The normalized spacial score (nSPS) is 17.4. The third kappa shape index (κ3) is 6.41. The summed E-state index contributed by atoms with van der Waals surface area (Å²) in [6.45, 7) is 2.22. The summed E-state index contributed by atoms with van der Waals surface area (Å²) < 4.78 is 0. The molecular weight excluding hydrogens is 248 g/mol. The van der Waals surface area contributed by atoms with Gasteiger partial charge < -0.3 is 5.32 Å². The van der Waals surface area contributed by atoms with Crippen molar-refractivity contribution in [3.8, 4) is 6.07 Å². The summed E-state index contributed by atoms with van der Waals surface area (Å²) in [5.74, 6) is 0.0713. The molecule has 20 heavy (non-hydrogen) atoms. The largest absolute Gasteiger partial charge is 0.338 e. The Labute approximate surface area is 124 Å². The van der Waals surface area contributed by atoms with Gasteiger partial charge in [-0.15, -0.1) is 0 Å². The second-order valence-corrected chi connectivity index (χ2v) is 6.17. The fourth-order valence-electron chi connectivity index (χ4n) is 2.99. The number of amides is 1. The second-order valence-electron chi connectivity index (χ2n) is 6.17. The van der Waals surface area contributed by atoms with Gasteiger partial charge in [0.05, 0.1) is 6.07 Å². The van der Waals surface area contributed by atoms with Crippen molar-refractivity contribution < 1.29 is 4.79 Å². The molecule has 1 rings (SSSR count). The number of nitrogens with zero attached hydrogens (tertiary/aromatic N) is 1. The predicted octanol–water partition coefficient (Wildman–Crippen LogP) is 4.47. The topological polar surface area (TPSA) is 52.9 Å². The summed E-state index contributed by atoms with van der Waals surface area (Å²) in [7, 11) is 0. The lowest BCUT2D eigenvalue weighted by Gasteiger charge is -2.31. The molecular formula is C17H30N2O. The van der Waals surface area contributed by atoms with Crippen LogP contribution < -0.4 is 5.32 Å². The van der Waals surface area contributed by atoms with Gasteiger partial charge in [-0.25, -0.2) is 0 Å². The van der Waals surface area contributed by atoms with E-state index in [9.17, 15) is 10.1 Å². The molecule has 1 fully saturated rings. The maximum atomic E-state index is 11.9. The van der Waals surface area contributed by atoms with Crippen molar-refractivity contribution in [2.24, 2.45) is 0 Å².